The van der Waals surface area contributed by atoms with Crippen molar-refractivity contribution in [1.29, 1.82) is 0 Å². The SMILES string of the molecule is COc1ccc(CN2CC(C(=O)N(CCN)CCc3ccccc3)CC2=O)cc1.Cl. The second-order valence-electron chi connectivity index (χ2n) is 7.37. The van der Waals surface area contributed by atoms with Gasteiger partial charge in [-0.2, -0.15) is 0 Å². The smallest absolute Gasteiger partial charge is 0.228 e. The summed E-state index contributed by atoms with van der Waals surface area (Å²) >= 11 is 0. The first kappa shape index (κ1) is 23.7. The van der Waals surface area contributed by atoms with E-state index in [1.54, 1.807) is 12.0 Å². The fraction of sp³-hybridized carbons (Fsp3) is 0.391. The number of nitrogens with two attached hydrogens (primary N) is 1. The molecule has 1 aliphatic rings. The van der Waals surface area contributed by atoms with E-state index in [2.05, 4.69) is 12.1 Å². The first-order valence-corrected chi connectivity index (χ1v) is 10.0. The fourth-order valence-electron chi connectivity index (χ4n) is 3.70. The number of likely N-dealkylation sites (tertiary alicyclic amines) is 1. The molecule has 1 fully saturated rings. The second-order valence-corrected chi connectivity index (χ2v) is 7.37. The summed E-state index contributed by atoms with van der Waals surface area (Å²) in [5.41, 5.74) is 7.94. The van der Waals surface area contributed by atoms with Gasteiger partial charge in [-0.3, -0.25) is 9.59 Å². The molecule has 3 rings (SSSR count). The van der Waals surface area contributed by atoms with Gasteiger partial charge in [0.2, 0.25) is 11.8 Å². The molecule has 30 heavy (non-hydrogen) atoms. The highest BCUT2D eigenvalue weighted by Crippen LogP contribution is 2.23. The van der Waals surface area contributed by atoms with Crippen LogP contribution in [0.4, 0.5) is 0 Å². The van der Waals surface area contributed by atoms with E-state index in [1.165, 1.54) is 5.56 Å². The van der Waals surface area contributed by atoms with Crippen LogP contribution in [0.3, 0.4) is 0 Å². The molecule has 2 N–H and O–H groups in total. The minimum atomic E-state index is -0.303. The van der Waals surface area contributed by atoms with Gasteiger partial charge in [0.1, 0.15) is 5.75 Å². The molecule has 1 heterocycles. The molecule has 0 saturated carbocycles. The molecule has 1 unspecified atom stereocenters. The Labute approximate surface area is 184 Å². The summed E-state index contributed by atoms with van der Waals surface area (Å²) in [6.45, 7) is 2.50. The predicted molar refractivity (Wildman–Crippen MR) is 120 cm³/mol. The number of carbonyl (C=O) groups excluding carboxylic acids is 2. The van der Waals surface area contributed by atoms with Gasteiger partial charge in [-0.15, -0.1) is 12.4 Å². The summed E-state index contributed by atoms with van der Waals surface area (Å²) < 4.78 is 5.17. The van der Waals surface area contributed by atoms with Crippen molar-refractivity contribution in [2.24, 2.45) is 11.7 Å². The number of rotatable bonds is 9. The molecule has 0 spiro atoms. The zero-order chi connectivity index (χ0) is 20.6. The van der Waals surface area contributed by atoms with Gasteiger partial charge in [0, 0.05) is 39.1 Å². The van der Waals surface area contributed by atoms with Crippen molar-refractivity contribution >= 4 is 24.2 Å². The Balaban J connectivity index is 0.00000320. The van der Waals surface area contributed by atoms with Crippen LogP contribution in [-0.2, 0) is 22.6 Å². The van der Waals surface area contributed by atoms with Crippen LogP contribution in [0.25, 0.3) is 0 Å². The number of methoxy groups -OCH3 is 1. The van der Waals surface area contributed by atoms with Crippen LogP contribution in [0.5, 0.6) is 5.75 Å². The van der Waals surface area contributed by atoms with Crippen LogP contribution in [-0.4, -0.2) is 54.9 Å². The second kappa shape index (κ2) is 11.6. The van der Waals surface area contributed by atoms with Gasteiger partial charge in [-0.1, -0.05) is 42.5 Å². The molecule has 6 nitrogen and oxygen atoms in total. The molecule has 162 valence electrons. The first-order valence-electron chi connectivity index (χ1n) is 10.0. The number of nitrogens with zero attached hydrogens (tertiary/aromatic N) is 2. The summed E-state index contributed by atoms with van der Waals surface area (Å²) in [5, 5.41) is 0. The lowest BCUT2D eigenvalue weighted by atomic mass is 10.1. The van der Waals surface area contributed by atoms with Crippen LogP contribution in [0.2, 0.25) is 0 Å². The molecular formula is C23H30ClN3O3. The summed E-state index contributed by atoms with van der Waals surface area (Å²) in [4.78, 5) is 29.1. The van der Waals surface area contributed by atoms with Crippen molar-refractivity contribution in [3.8, 4) is 5.75 Å². The molecular weight excluding hydrogens is 402 g/mol. The normalized spacial score (nSPS) is 15.6. The topological polar surface area (TPSA) is 75.9 Å². The molecule has 1 saturated heterocycles. The minimum absolute atomic E-state index is 0. The summed E-state index contributed by atoms with van der Waals surface area (Å²) in [7, 11) is 1.63. The van der Waals surface area contributed by atoms with Crippen LogP contribution in [0.1, 0.15) is 17.5 Å². The van der Waals surface area contributed by atoms with Gasteiger partial charge < -0.3 is 20.3 Å². The van der Waals surface area contributed by atoms with Crippen molar-refractivity contribution in [3.63, 3.8) is 0 Å². The fourth-order valence-corrected chi connectivity index (χ4v) is 3.70. The molecule has 2 aromatic carbocycles. The molecule has 1 aliphatic heterocycles. The summed E-state index contributed by atoms with van der Waals surface area (Å²) in [5.74, 6) is 0.528. The van der Waals surface area contributed by atoms with Crippen LogP contribution in [0.15, 0.2) is 54.6 Å². The number of hydrogen-bond donors (Lipinski definition) is 1. The molecule has 7 heteroatoms. The number of halogens is 1. The van der Waals surface area contributed by atoms with Gasteiger partial charge in [0.05, 0.1) is 13.0 Å². The molecule has 0 aliphatic carbocycles. The highest BCUT2D eigenvalue weighted by atomic mass is 35.5. The lowest BCUT2D eigenvalue weighted by Crippen LogP contribution is -2.41. The highest BCUT2D eigenvalue weighted by Gasteiger charge is 2.36. The van der Waals surface area contributed by atoms with Gasteiger partial charge in [0.25, 0.3) is 0 Å². The largest absolute Gasteiger partial charge is 0.497 e. The van der Waals surface area contributed by atoms with E-state index in [1.807, 2.05) is 47.4 Å². The minimum Gasteiger partial charge on any atom is -0.497 e. The van der Waals surface area contributed by atoms with Crippen molar-refractivity contribution in [3.05, 3.63) is 65.7 Å². The zero-order valence-electron chi connectivity index (χ0n) is 17.3. The Bertz CT molecular complexity index is 814. The molecule has 0 aromatic heterocycles. The lowest BCUT2D eigenvalue weighted by molar-refractivity contribution is -0.135. The predicted octanol–water partition coefficient (Wildman–Crippen LogP) is 2.50. The third-order valence-electron chi connectivity index (χ3n) is 5.32. The summed E-state index contributed by atoms with van der Waals surface area (Å²) in [6.07, 6.45) is 1.05. The molecule has 1 atom stereocenters. The molecule has 0 bridgehead atoms. The Morgan fingerprint density at radius 1 is 1.10 bits per heavy atom. The first-order chi connectivity index (χ1) is 14.1. The average Bonchev–Trinajstić information content (AvgIpc) is 3.12. The highest BCUT2D eigenvalue weighted by molar-refractivity contribution is 5.89. The van der Waals surface area contributed by atoms with E-state index in [9.17, 15) is 9.59 Å². The third-order valence-corrected chi connectivity index (χ3v) is 5.32. The van der Waals surface area contributed by atoms with E-state index in [0.717, 1.165) is 17.7 Å². The maximum Gasteiger partial charge on any atom is 0.228 e. The Morgan fingerprint density at radius 3 is 2.43 bits per heavy atom. The molecule has 2 amide bonds. The van der Waals surface area contributed by atoms with E-state index in [0.29, 0.717) is 32.7 Å². The van der Waals surface area contributed by atoms with E-state index in [4.69, 9.17) is 10.5 Å². The van der Waals surface area contributed by atoms with Crippen molar-refractivity contribution < 1.29 is 14.3 Å². The van der Waals surface area contributed by atoms with Crippen LogP contribution in [0, 0.1) is 5.92 Å². The van der Waals surface area contributed by atoms with E-state index in [-0.39, 0.29) is 36.6 Å². The number of hydrogen-bond acceptors (Lipinski definition) is 4. The molecule has 0 radical (unpaired) electrons. The van der Waals surface area contributed by atoms with Gasteiger partial charge in [0.15, 0.2) is 0 Å². The van der Waals surface area contributed by atoms with E-state index < -0.39 is 0 Å². The van der Waals surface area contributed by atoms with Crippen LogP contribution < -0.4 is 10.5 Å². The Kier molecular flexibility index (Phi) is 9.15. The van der Waals surface area contributed by atoms with Crippen molar-refractivity contribution in [2.45, 2.75) is 19.4 Å². The number of amides is 2. The number of ether oxygens (including phenoxy) is 1. The summed E-state index contributed by atoms with van der Waals surface area (Å²) in [6, 6.07) is 17.7. The zero-order valence-corrected chi connectivity index (χ0v) is 18.1. The standard InChI is InChI=1S/C23H29N3O3.ClH/c1-29-21-9-7-19(8-10-21)16-26-17-20(15-22(26)27)23(28)25(14-12-24)13-11-18-5-3-2-4-6-18;/h2-10,20H,11-17,24H2,1H3;1H. The maximum atomic E-state index is 13.1. The quantitative estimate of drug-likeness (QED) is 0.661. The lowest BCUT2D eigenvalue weighted by Gasteiger charge is -2.25. The number of benzene rings is 2. The Hall–Kier alpha value is -2.57. The van der Waals surface area contributed by atoms with E-state index >= 15 is 0 Å². The maximum absolute atomic E-state index is 13.1. The Morgan fingerprint density at radius 2 is 1.80 bits per heavy atom. The van der Waals surface area contributed by atoms with Crippen molar-refractivity contribution in [1.82, 2.24) is 9.80 Å². The number of carbonyl (C=O) groups is 2. The van der Waals surface area contributed by atoms with Crippen LogP contribution >= 0.6 is 12.4 Å². The van der Waals surface area contributed by atoms with Crippen molar-refractivity contribution in [2.75, 3.05) is 33.3 Å². The molecule has 2 aromatic rings. The van der Waals surface area contributed by atoms with Gasteiger partial charge in [-0.05, 0) is 29.7 Å². The monoisotopic (exact) mass is 431 g/mol. The van der Waals surface area contributed by atoms with Gasteiger partial charge >= 0.3 is 0 Å². The average molecular weight is 432 g/mol. The van der Waals surface area contributed by atoms with Gasteiger partial charge in [-0.25, -0.2) is 0 Å². The third kappa shape index (κ3) is 6.21.